The molecule has 1 amide bonds. The summed E-state index contributed by atoms with van der Waals surface area (Å²) >= 11 is 0. The van der Waals surface area contributed by atoms with E-state index in [0.29, 0.717) is 5.56 Å². The van der Waals surface area contributed by atoms with E-state index in [9.17, 15) is 9.59 Å². The van der Waals surface area contributed by atoms with E-state index in [1.165, 1.54) is 6.26 Å². The van der Waals surface area contributed by atoms with Crippen molar-refractivity contribution in [3.05, 3.63) is 59.0 Å². The lowest BCUT2D eigenvalue weighted by molar-refractivity contribution is -0.136. The van der Waals surface area contributed by atoms with E-state index in [0.717, 1.165) is 11.1 Å². The van der Waals surface area contributed by atoms with Crippen LogP contribution in [0.3, 0.4) is 0 Å². The molecule has 0 saturated heterocycles. The molecule has 0 aliphatic heterocycles. The Morgan fingerprint density at radius 2 is 1.90 bits per heavy atom. The largest absolute Gasteiger partial charge is 0.481 e. The smallest absolute Gasteiger partial charge is 0.307 e. The highest BCUT2D eigenvalue weighted by Crippen LogP contribution is 2.11. The molecule has 0 spiro atoms. The van der Waals surface area contributed by atoms with Gasteiger partial charge in [-0.25, -0.2) is 0 Å². The van der Waals surface area contributed by atoms with Gasteiger partial charge in [0.2, 0.25) is 0 Å². The predicted octanol–water partition coefficient (Wildman–Crippen LogP) is 2.15. The number of aliphatic carboxylic acids is 1. The van der Waals surface area contributed by atoms with Crippen LogP contribution in [0.1, 0.15) is 27.2 Å². The summed E-state index contributed by atoms with van der Waals surface area (Å²) in [5, 5.41) is 11.6. The van der Waals surface area contributed by atoms with Crippen LogP contribution in [-0.2, 0) is 17.8 Å². The fourth-order valence-corrected chi connectivity index (χ4v) is 1.93. The zero-order chi connectivity index (χ0) is 14.5. The summed E-state index contributed by atoms with van der Waals surface area (Å²) in [5.74, 6) is -0.927. The molecule has 0 radical (unpaired) electrons. The Balaban J connectivity index is 2.06. The molecule has 20 heavy (non-hydrogen) atoms. The van der Waals surface area contributed by atoms with Crippen LogP contribution in [-0.4, -0.2) is 17.0 Å². The Labute approximate surface area is 116 Å². The number of carbonyl (C=O) groups is 2. The first-order chi connectivity index (χ1) is 9.58. The van der Waals surface area contributed by atoms with E-state index < -0.39 is 5.97 Å². The van der Waals surface area contributed by atoms with Crippen molar-refractivity contribution in [3.63, 3.8) is 0 Å². The molecule has 5 nitrogen and oxygen atoms in total. The van der Waals surface area contributed by atoms with Gasteiger partial charge < -0.3 is 14.8 Å². The number of furan rings is 1. The second-order valence-electron chi connectivity index (χ2n) is 4.45. The van der Waals surface area contributed by atoms with Gasteiger partial charge in [-0.15, -0.1) is 0 Å². The van der Waals surface area contributed by atoms with Crippen molar-refractivity contribution in [1.29, 1.82) is 0 Å². The van der Waals surface area contributed by atoms with Crippen LogP contribution in [0.5, 0.6) is 0 Å². The van der Waals surface area contributed by atoms with E-state index in [4.69, 9.17) is 9.52 Å². The number of carboxylic acid groups (broad SMARTS) is 1. The topological polar surface area (TPSA) is 79.5 Å². The molecule has 0 saturated carbocycles. The lowest BCUT2D eigenvalue weighted by atomic mass is 10.0. The highest BCUT2D eigenvalue weighted by Gasteiger charge is 2.13. The first kappa shape index (κ1) is 13.9. The highest BCUT2D eigenvalue weighted by molar-refractivity contribution is 5.92. The van der Waals surface area contributed by atoms with Crippen LogP contribution in [0, 0.1) is 6.92 Å². The number of nitrogens with one attached hydrogen (secondary N) is 1. The maximum atomic E-state index is 11.9. The minimum Gasteiger partial charge on any atom is -0.481 e. The van der Waals surface area contributed by atoms with E-state index >= 15 is 0 Å². The van der Waals surface area contributed by atoms with E-state index in [2.05, 4.69) is 5.32 Å². The molecule has 0 bridgehead atoms. The zero-order valence-electron chi connectivity index (χ0n) is 11.1. The number of rotatable bonds is 5. The van der Waals surface area contributed by atoms with Gasteiger partial charge in [0.1, 0.15) is 0 Å². The van der Waals surface area contributed by atoms with Gasteiger partial charge in [0, 0.05) is 12.1 Å². The van der Waals surface area contributed by atoms with E-state index in [1.54, 1.807) is 31.2 Å². The van der Waals surface area contributed by atoms with Gasteiger partial charge in [-0.1, -0.05) is 24.3 Å². The summed E-state index contributed by atoms with van der Waals surface area (Å²) in [6.07, 6.45) is 1.40. The number of carboxylic acids is 1. The molecule has 1 aromatic carbocycles. The number of aryl methyl sites for hydroxylation is 1. The lowest BCUT2D eigenvalue weighted by Crippen LogP contribution is -2.23. The molecule has 0 atom stereocenters. The minimum atomic E-state index is -0.898. The Morgan fingerprint density at radius 3 is 2.50 bits per heavy atom. The summed E-state index contributed by atoms with van der Waals surface area (Å²) in [6.45, 7) is 2.05. The van der Waals surface area contributed by atoms with Crippen molar-refractivity contribution in [2.24, 2.45) is 0 Å². The third kappa shape index (κ3) is 3.26. The summed E-state index contributed by atoms with van der Waals surface area (Å²) in [5.41, 5.74) is 2.24. The Morgan fingerprint density at radius 1 is 1.20 bits per heavy atom. The quantitative estimate of drug-likeness (QED) is 0.874. The summed E-state index contributed by atoms with van der Waals surface area (Å²) in [6, 6.07) is 8.85. The van der Waals surface area contributed by atoms with Crippen LogP contribution in [0.15, 0.2) is 41.0 Å². The Hall–Kier alpha value is -2.56. The number of amides is 1. The first-order valence-electron chi connectivity index (χ1n) is 6.19. The summed E-state index contributed by atoms with van der Waals surface area (Å²) in [4.78, 5) is 22.7. The molecule has 0 aliphatic carbocycles. The number of benzene rings is 1. The number of hydrogen-bond donors (Lipinski definition) is 2. The number of carbonyl (C=O) groups excluding carboxylic acids is 1. The Kier molecular flexibility index (Phi) is 4.20. The molecular weight excluding hydrogens is 258 g/mol. The molecular formula is C15H15NO4. The number of hydrogen-bond acceptors (Lipinski definition) is 3. The normalized spacial score (nSPS) is 10.2. The van der Waals surface area contributed by atoms with Gasteiger partial charge >= 0.3 is 5.97 Å². The molecule has 2 rings (SSSR count). The van der Waals surface area contributed by atoms with Crippen molar-refractivity contribution in [2.75, 3.05) is 0 Å². The van der Waals surface area contributed by atoms with E-state index in [-0.39, 0.29) is 24.6 Å². The third-order valence-corrected chi connectivity index (χ3v) is 2.97. The average Bonchev–Trinajstić information content (AvgIpc) is 2.83. The van der Waals surface area contributed by atoms with Gasteiger partial charge in [0.25, 0.3) is 5.91 Å². The maximum absolute atomic E-state index is 11.9. The maximum Gasteiger partial charge on any atom is 0.307 e. The predicted molar refractivity (Wildman–Crippen MR) is 72.4 cm³/mol. The summed E-state index contributed by atoms with van der Waals surface area (Å²) in [7, 11) is 0. The van der Waals surface area contributed by atoms with Gasteiger partial charge in [0.05, 0.1) is 12.7 Å². The highest BCUT2D eigenvalue weighted by atomic mass is 16.4. The molecule has 2 N–H and O–H groups in total. The first-order valence-corrected chi connectivity index (χ1v) is 6.19. The molecule has 104 valence electrons. The SMILES string of the molecule is Cc1ccoc1C(=O)NCc1ccccc1CC(=O)O. The van der Waals surface area contributed by atoms with E-state index in [1.807, 2.05) is 6.07 Å². The molecule has 0 unspecified atom stereocenters. The summed E-state index contributed by atoms with van der Waals surface area (Å²) < 4.78 is 5.10. The Bertz CT molecular complexity index is 630. The third-order valence-electron chi connectivity index (χ3n) is 2.97. The van der Waals surface area contributed by atoms with Crippen molar-refractivity contribution in [3.8, 4) is 0 Å². The van der Waals surface area contributed by atoms with Crippen molar-refractivity contribution in [2.45, 2.75) is 19.9 Å². The molecule has 0 fully saturated rings. The fourth-order valence-electron chi connectivity index (χ4n) is 1.93. The van der Waals surface area contributed by atoms with Gasteiger partial charge in [0.15, 0.2) is 5.76 Å². The van der Waals surface area contributed by atoms with Gasteiger partial charge in [-0.05, 0) is 24.1 Å². The van der Waals surface area contributed by atoms with Crippen LogP contribution < -0.4 is 5.32 Å². The standard InChI is InChI=1S/C15H15NO4/c1-10-6-7-20-14(10)15(19)16-9-12-5-3-2-4-11(12)8-13(17)18/h2-7H,8-9H2,1H3,(H,16,19)(H,17,18). The second-order valence-corrected chi connectivity index (χ2v) is 4.45. The molecule has 1 aromatic heterocycles. The molecule has 5 heteroatoms. The van der Waals surface area contributed by atoms with Crippen LogP contribution in [0.4, 0.5) is 0 Å². The van der Waals surface area contributed by atoms with Crippen LogP contribution in [0.25, 0.3) is 0 Å². The van der Waals surface area contributed by atoms with Crippen molar-refractivity contribution in [1.82, 2.24) is 5.32 Å². The molecule has 2 aromatic rings. The second kappa shape index (κ2) is 6.06. The van der Waals surface area contributed by atoms with Crippen LogP contribution >= 0.6 is 0 Å². The average molecular weight is 273 g/mol. The lowest BCUT2D eigenvalue weighted by Gasteiger charge is -2.08. The minimum absolute atomic E-state index is 0.0637. The molecule has 0 aliphatic rings. The zero-order valence-corrected chi connectivity index (χ0v) is 11.1. The molecule has 1 heterocycles. The monoisotopic (exact) mass is 273 g/mol. The van der Waals surface area contributed by atoms with Crippen molar-refractivity contribution < 1.29 is 19.1 Å². The van der Waals surface area contributed by atoms with Crippen molar-refractivity contribution >= 4 is 11.9 Å². The fraction of sp³-hybridized carbons (Fsp3) is 0.200. The van der Waals surface area contributed by atoms with Gasteiger partial charge in [-0.3, -0.25) is 9.59 Å². The van der Waals surface area contributed by atoms with Gasteiger partial charge in [-0.2, -0.15) is 0 Å². The van der Waals surface area contributed by atoms with Crippen LogP contribution in [0.2, 0.25) is 0 Å².